The molecule has 2 unspecified atom stereocenters. The normalized spacial score (nSPS) is 19.3. The molecule has 3 rings (SSSR count). The molecule has 1 aromatic carbocycles. The molecule has 7 nitrogen and oxygen atoms in total. The standard InChI is InChI=1S/C24H39N7/c1-5-20-11-9-12-21(17-20)27-24(26-18-23-29-28-19(2)31(23)4)25-15-10-16-30(3)22-13-7-6-8-14-22/h6-8,13-14,20-21H,5,9-12,15-18H2,1-4H3,(H2,25,26,27). The minimum Gasteiger partial charge on any atom is -0.375 e. The van der Waals surface area contributed by atoms with Crippen LogP contribution in [-0.4, -0.2) is 46.9 Å². The molecule has 0 spiro atoms. The average molecular weight is 426 g/mol. The highest BCUT2D eigenvalue weighted by Crippen LogP contribution is 2.26. The van der Waals surface area contributed by atoms with Crippen LogP contribution < -0.4 is 15.5 Å². The molecule has 1 saturated carbocycles. The highest BCUT2D eigenvalue weighted by Gasteiger charge is 2.21. The molecule has 2 atom stereocenters. The first-order valence-corrected chi connectivity index (χ1v) is 11.7. The zero-order valence-corrected chi connectivity index (χ0v) is 19.6. The smallest absolute Gasteiger partial charge is 0.191 e. The van der Waals surface area contributed by atoms with Crippen LogP contribution in [0.4, 0.5) is 5.69 Å². The van der Waals surface area contributed by atoms with E-state index in [2.05, 4.69) is 70.0 Å². The number of benzene rings is 1. The average Bonchev–Trinajstić information content (AvgIpc) is 3.12. The number of hydrogen-bond donors (Lipinski definition) is 2. The molecule has 1 aliphatic rings. The Morgan fingerprint density at radius 1 is 1.23 bits per heavy atom. The lowest BCUT2D eigenvalue weighted by Crippen LogP contribution is -2.46. The second-order valence-corrected chi connectivity index (χ2v) is 8.71. The molecular weight excluding hydrogens is 386 g/mol. The Labute approximate surface area is 187 Å². The van der Waals surface area contributed by atoms with Crippen LogP contribution in [0.15, 0.2) is 35.3 Å². The van der Waals surface area contributed by atoms with Crippen molar-refractivity contribution in [2.24, 2.45) is 18.0 Å². The number of aryl methyl sites for hydroxylation is 1. The highest BCUT2D eigenvalue weighted by atomic mass is 15.3. The van der Waals surface area contributed by atoms with E-state index in [0.717, 1.165) is 43.0 Å². The van der Waals surface area contributed by atoms with E-state index in [9.17, 15) is 0 Å². The van der Waals surface area contributed by atoms with Gasteiger partial charge < -0.3 is 20.1 Å². The zero-order chi connectivity index (χ0) is 22.1. The first-order chi connectivity index (χ1) is 15.1. The van der Waals surface area contributed by atoms with E-state index in [4.69, 9.17) is 4.99 Å². The summed E-state index contributed by atoms with van der Waals surface area (Å²) in [5.74, 6) is 3.52. The molecule has 0 saturated heterocycles. The number of rotatable bonds is 9. The van der Waals surface area contributed by atoms with Crippen molar-refractivity contribution in [3.05, 3.63) is 42.0 Å². The third-order valence-corrected chi connectivity index (χ3v) is 6.42. The molecule has 0 radical (unpaired) electrons. The third kappa shape index (κ3) is 6.97. The molecule has 0 amide bonds. The predicted octanol–water partition coefficient (Wildman–Crippen LogP) is 3.65. The molecule has 2 aromatic rings. The number of nitrogens with one attached hydrogen (secondary N) is 2. The second kappa shape index (κ2) is 11.7. The van der Waals surface area contributed by atoms with Crippen molar-refractivity contribution in [2.45, 2.75) is 65.0 Å². The number of anilines is 1. The number of nitrogens with zero attached hydrogens (tertiary/aromatic N) is 5. The molecule has 31 heavy (non-hydrogen) atoms. The van der Waals surface area contributed by atoms with Crippen LogP contribution in [0, 0.1) is 12.8 Å². The van der Waals surface area contributed by atoms with Gasteiger partial charge in [-0.25, -0.2) is 4.99 Å². The second-order valence-electron chi connectivity index (χ2n) is 8.71. The fraction of sp³-hybridized carbons (Fsp3) is 0.625. The number of guanidine groups is 1. The van der Waals surface area contributed by atoms with Crippen molar-refractivity contribution in [2.75, 3.05) is 25.0 Å². The summed E-state index contributed by atoms with van der Waals surface area (Å²) < 4.78 is 2.00. The summed E-state index contributed by atoms with van der Waals surface area (Å²) in [6.07, 6.45) is 7.42. The maximum absolute atomic E-state index is 4.85. The lowest BCUT2D eigenvalue weighted by molar-refractivity contribution is 0.298. The fourth-order valence-corrected chi connectivity index (χ4v) is 4.21. The Morgan fingerprint density at radius 3 is 2.74 bits per heavy atom. The number of aromatic nitrogens is 3. The molecule has 1 heterocycles. The number of aliphatic imine (C=N–C) groups is 1. The van der Waals surface area contributed by atoms with Crippen LogP contribution in [0.3, 0.4) is 0 Å². The van der Waals surface area contributed by atoms with Gasteiger partial charge in [0.1, 0.15) is 12.4 Å². The Morgan fingerprint density at radius 2 is 2.03 bits per heavy atom. The summed E-state index contributed by atoms with van der Waals surface area (Å²) in [6, 6.07) is 11.0. The zero-order valence-electron chi connectivity index (χ0n) is 19.6. The van der Waals surface area contributed by atoms with E-state index in [1.54, 1.807) is 0 Å². The largest absolute Gasteiger partial charge is 0.375 e. The van der Waals surface area contributed by atoms with Crippen molar-refractivity contribution >= 4 is 11.6 Å². The molecule has 2 N–H and O–H groups in total. The van der Waals surface area contributed by atoms with Crippen LogP contribution in [0.25, 0.3) is 0 Å². The van der Waals surface area contributed by atoms with Gasteiger partial charge in [0.25, 0.3) is 0 Å². The highest BCUT2D eigenvalue weighted by molar-refractivity contribution is 5.80. The van der Waals surface area contributed by atoms with Crippen molar-refractivity contribution < 1.29 is 0 Å². The Balaban J connectivity index is 1.55. The van der Waals surface area contributed by atoms with Gasteiger partial charge in [-0.2, -0.15) is 0 Å². The summed E-state index contributed by atoms with van der Waals surface area (Å²) in [5.41, 5.74) is 1.25. The molecular formula is C24H39N7. The van der Waals surface area contributed by atoms with Gasteiger partial charge >= 0.3 is 0 Å². The third-order valence-electron chi connectivity index (χ3n) is 6.42. The molecule has 0 bridgehead atoms. The molecule has 7 heteroatoms. The summed E-state index contributed by atoms with van der Waals surface area (Å²) >= 11 is 0. The number of hydrogen-bond acceptors (Lipinski definition) is 4. The Hall–Kier alpha value is -2.57. The number of para-hydroxylation sites is 1. The summed E-state index contributed by atoms with van der Waals surface area (Å²) in [4.78, 5) is 7.14. The van der Waals surface area contributed by atoms with Crippen LogP contribution in [-0.2, 0) is 13.6 Å². The maximum atomic E-state index is 4.85. The molecule has 1 fully saturated rings. The van der Waals surface area contributed by atoms with Gasteiger partial charge in [0, 0.05) is 38.9 Å². The summed E-state index contributed by atoms with van der Waals surface area (Å²) in [6.45, 7) is 6.67. The van der Waals surface area contributed by atoms with E-state index in [1.807, 2.05) is 18.5 Å². The van der Waals surface area contributed by atoms with Gasteiger partial charge in [-0.05, 0) is 44.2 Å². The molecule has 1 aromatic heterocycles. The van der Waals surface area contributed by atoms with Gasteiger partial charge in [0.15, 0.2) is 11.8 Å². The van der Waals surface area contributed by atoms with Gasteiger partial charge in [-0.3, -0.25) is 0 Å². The molecule has 0 aliphatic heterocycles. The maximum Gasteiger partial charge on any atom is 0.191 e. The van der Waals surface area contributed by atoms with Crippen molar-refractivity contribution in [3.63, 3.8) is 0 Å². The first kappa shape index (κ1) is 23.1. The summed E-state index contributed by atoms with van der Waals surface area (Å²) in [5, 5.41) is 15.7. The topological polar surface area (TPSA) is 70.4 Å². The SMILES string of the molecule is CCC1CCCC(NC(=NCc2nnc(C)n2C)NCCCN(C)c2ccccc2)C1. The van der Waals surface area contributed by atoms with Crippen molar-refractivity contribution in [1.29, 1.82) is 0 Å². The lowest BCUT2D eigenvalue weighted by Gasteiger charge is -2.30. The van der Waals surface area contributed by atoms with E-state index in [-0.39, 0.29) is 0 Å². The van der Waals surface area contributed by atoms with Gasteiger partial charge in [-0.1, -0.05) is 44.4 Å². The van der Waals surface area contributed by atoms with Crippen LogP contribution >= 0.6 is 0 Å². The van der Waals surface area contributed by atoms with E-state index >= 15 is 0 Å². The van der Waals surface area contributed by atoms with Crippen LogP contribution in [0.2, 0.25) is 0 Å². The van der Waals surface area contributed by atoms with Gasteiger partial charge in [0.05, 0.1) is 0 Å². The minimum absolute atomic E-state index is 0.498. The van der Waals surface area contributed by atoms with Gasteiger partial charge in [-0.15, -0.1) is 10.2 Å². The van der Waals surface area contributed by atoms with E-state index in [0.29, 0.717) is 12.6 Å². The van der Waals surface area contributed by atoms with Crippen molar-refractivity contribution in [1.82, 2.24) is 25.4 Å². The van der Waals surface area contributed by atoms with E-state index in [1.165, 1.54) is 37.8 Å². The monoisotopic (exact) mass is 425 g/mol. The lowest BCUT2D eigenvalue weighted by atomic mass is 9.84. The van der Waals surface area contributed by atoms with Crippen molar-refractivity contribution in [3.8, 4) is 0 Å². The summed E-state index contributed by atoms with van der Waals surface area (Å²) in [7, 11) is 4.14. The fourth-order valence-electron chi connectivity index (χ4n) is 4.21. The molecule has 1 aliphatic carbocycles. The van der Waals surface area contributed by atoms with E-state index < -0.39 is 0 Å². The quantitative estimate of drug-likeness (QED) is 0.365. The molecule has 170 valence electrons. The first-order valence-electron chi connectivity index (χ1n) is 11.7. The minimum atomic E-state index is 0.498. The van der Waals surface area contributed by atoms with Gasteiger partial charge in [0.2, 0.25) is 0 Å². The van der Waals surface area contributed by atoms with Crippen LogP contribution in [0.5, 0.6) is 0 Å². The predicted molar refractivity (Wildman–Crippen MR) is 128 cm³/mol. The van der Waals surface area contributed by atoms with Crippen LogP contribution in [0.1, 0.15) is 57.1 Å². The Bertz CT molecular complexity index is 815. The Kier molecular flexibility index (Phi) is 8.74.